The first kappa shape index (κ1) is 11.5. The fourth-order valence-corrected chi connectivity index (χ4v) is 1.41. The Morgan fingerprint density at radius 1 is 1.43 bits per heavy atom. The molecule has 3 heteroatoms. The maximum Gasteiger partial charge on any atom is 0.0461 e. The lowest BCUT2D eigenvalue weighted by Gasteiger charge is -2.21. The van der Waals surface area contributed by atoms with Crippen molar-refractivity contribution in [3.8, 4) is 0 Å². The maximum atomic E-state index is 5.81. The molecule has 0 aliphatic rings. The zero-order valence-corrected chi connectivity index (χ0v) is 10.5. The van der Waals surface area contributed by atoms with Gasteiger partial charge in [-0.25, -0.2) is 0 Å². The Morgan fingerprint density at radius 3 is 2.57 bits per heavy atom. The SMILES string of the molecule is CC(C)N(C)Cc1ccc(Br)c(N)c1. The average Bonchev–Trinajstić information content (AvgIpc) is 2.11. The minimum Gasteiger partial charge on any atom is -0.398 e. The fourth-order valence-electron chi connectivity index (χ4n) is 1.16. The van der Waals surface area contributed by atoms with Gasteiger partial charge >= 0.3 is 0 Å². The summed E-state index contributed by atoms with van der Waals surface area (Å²) >= 11 is 3.39. The van der Waals surface area contributed by atoms with Crippen molar-refractivity contribution < 1.29 is 0 Å². The standard InChI is InChI=1S/C11H17BrN2/c1-8(2)14(3)7-9-4-5-10(12)11(13)6-9/h4-6,8H,7,13H2,1-3H3. The molecule has 0 radical (unpaired) electrons. The van der Waals surface area contributed by atoms with E-state index < -0.39 is 0 Å². The highest BCUT2D eigenvalue weighted by molar-refractivity contribution is 9.10. The summed E-state index contributed by atoms with van der Waals surface area (Å²) in [5.74, 6) is 0. The van der Waals surface area contributed by atoms with E-state index in [1.807, 2.05) is 12.1 Å². The van der Waals surface area contributed by atoms with Gasteiger partial charge in [-0.05, 0) is 54.5 Å². The molecule has 0 heterocycles. The molecule has 0 aliphatic carbocycles. The van der Waals surface area contributed by atoms with Crippen LogP contribution in [0.2, 0.25) is 0 Å². The topological polar surface area (TPSA) is 29.3 Å². The Kier molecular flexibility index (Phi) is 3.96. The molecular formula is C11H17BrN2. The van der Waals surface area contributed by atoms with Crippen LogP contribution in [0.3, 0.4) is 0 Å². The van der Waals surface area contributed by atoms with Gasteiger partial charge in [0.2, 0.25) is 0 Å². The molecule has 0 atom stereocenters. The minimum atomic E-state index is 0.555. The molecule has 1 aromatic carbocycles. The summed E-state index contributed by atoms with van der Waals surface area (Å²) < 4.78 is 0.966. The van der Waals surface area contributed by atoms with Crippen LogP contribution in [0, 0.1) is 0 Å². The van der Waals surface area contributed by atoms with Crippen molar-refractivity contribution in [2.45, 2.75) is 26.4 Å². The van der Waals surface area contributed by atoms with E-state index in [-0.39, 0.29) is 0 Å². The molecule has 0 saturated heterocycles. The number of nitrogens with zero attached hydrogens (tertiary/aromatic N) is 1. The number of hydrogen-bond donors (Lipinski definition) is 1. The summed E-state index contributed by atoms with van der Waals surface area (Å²) in [6, 6.07) is 6.67. The predicted octanol–water partition coefficient (Wildman–Crippen LogP) is 2.87. The summed E-state index contributed by atoms with van der Waals surface area (Å²) in [6.07, 6.45) is 0. The molecule has 0 aromatic heterocycles. The van der Waals surface area contributed by atoms with E-state index in [1.54, 1.807) is 0 Å². The van der Waals surface area contributed by atoms with Crippen LogP contribution >= 0.6 is 15.9 Å². The Morgan fingerprint density at radius 2 is 2.07 bits per heavy atom. The molecular weight excluding hydrogens is 240 g/mol. The first-order chi connectivity index (χ1) is 6.50. The molecule has 0 saturated carbocycles. The van der Waals surface area contributed by atoms with E-state index in [9.17, 15) is 0 Å². The number of nitrogens with two attached hydrogens (primary N) is 1. The van der Waals surface area contributed by atoms with Gasteiger partial charge in [-0.3, -0.25) is 4.90 Å². The van der Waals surface area contributed by atoms with Crippen molar-refractivity contribution in [3.63, 3.8) is 0 Å². The zero-order valence-electron chi connectivity index (χ0n) is 8.92. The van der Waals surface area contributed by atoms with Gasteiger partial charge in [-0.15, -0.1) is 0 Å². The Balaban J connectivity index is 2.73. The van der Waals surface area contributed by atoms with E-state index in [0.29, 0.717) is 6.04 Å². The Hall–Kier alpha value is -0.540. The van der Waals surface area contributed by atoms with E-state index in [1.165, 1.54) is 5.56 Å². The van der Waals surface area contributed by atoms with E-state index in [0.717, 1.165) is 16.7 Å². The molecule has 0 unspecified atom stereocenters. The quantitative estimate of drug-likeness (QED) is 0.843. The summed E-state index contributed by atoms with van der Waals surface area (Å²) in [5, 5.41) is 0. The van der Waals surface area contributed by atoms with Crippen molar-refractivity contribution in [2.24, 2.45) is 0 Å². The highest BCUT2D eigenvalue weighted by Gasteiger charge is 2.05. The summed E-state index contributed by atoms with van der Waals surface area (Å²) in [5.41, 5.74) is 7.86. The third-order valence-electron chi connectivity index (χ3n) is 2.37. The zero-order chi connectivity index (χ0) is 10.7. The summed E-state index contributed by atoms with van der Waals surface area (Å²) in [7, 11) is 2.11. The number of anilines is 1. The third-order valence-corrected chi connectivity index (χ3v) is 3.10. The van der Waals surface area contributed by atoms with Gasteiger partial charge in [0.25, 0.3) is 0 Å². The second-order valence-electron chi connectivity index (χ2n) is 3.86. The van der Waals surface area contributed by atoms with Crippen LogP contribution in [-0.2, 0) is 6.54 Å². The van der Waals surface area contributed by atoms with Crippen molar-refractivity contribution in [2.75, 3.05) is 12.8 Å². The van der Waals surface area contributed by atoms with Gasteiger partial charge in [0.1, 0.15) is 0 Å². The third kappa shape index (κ3) is 3.00. The molecule has 1 aromatic rings. The predicted molar refractivity (Wildman–Crippen MR) is 65.2 cm³/mol. The summed E-state index contributed by atoms with van der Waals surface area (Å²) in [4.78, 5) is 2.28. The van der Waals surface area contributed by atoms with Gasteiger partial charge in [0.05, 0.1) is 0 Å². The van der Waals surface area contributed by atoms with Crippen molar-refractivity contribution in [3.05, 3.63) is 28.2 Å². The molecule has 0 fully saturated rings. The number of nitrogen functional groups attached to an aromatic ring is 1. The molecule has 14 heavy (non-hydrogen) atoms. The largest absolute Gasteiger partial charge is 0.398 e. The molecule has 1 rings (SSSR count). The van der Waals surface area contributed by atoms with Crippen LogP contribution in [0.15, 0.2) is 22.7 Å². The Labute approximate surface area is 94.2 Å². The average molecular weight is 257 g/mol. The normalized spacial score (nSPS) is 11.3. The first-order valence-corrected chi connectivity index (χ1v) is 5.54. The molecule has 2 N–H and O–H groups in total. The lowest BCUT2D eigenvalue weighted by atomic mass is 10.2. The van der Waals surface area contributed by atoms with Gasteiger partial charge in [-0.2, -0.15) is 0 Å². The highest BCUT2D eigenvalue weighted by atomic mass is 79.9. The van der Waals surface area contributed by atoms with Crippen LogP contribution in [-0.4, -0.2) is 18.0 Å². The van der Waals surface area contributed by atoms with E-state index in [2.05, 4.69) is 47.8 Å². The smallest absolute Gasteiger partial charge is 0.0461 e. The Bertz CT molecular complexity index is 310. The maximum absolute atomic E-state index is 5.81. The molecule has 0 spiro atoms. The molecule has 2 nitrogen and oxygen atoms in total. The van der Waals surface area contributed by atoms with Crippen LogP contribution in [0.25, 0.3) is 0 Å². The minimum absolute atomic E-state index is 0.555. The summed E-state index contributed by atoms with van der Waals surface area (Å²) in [6.45, 7) is 5.31. The second kappa shape index (κ2) is 4.80. The van der Waals surface area contributed by atoms with Crippen molar-refractivity contribution >= 4 is 21.6 Å². The fraction of sp³-hybridized carbons (Fsp3) is 0.455. The van der Waals surface area contributed by atoms with Gasteiger partial charge in [-0.1, -0.05) is 6.07 Å². The monoisotopic (exact) mass is 256 g/mol. The van der Waals surface area contributed by atoms with Gasteiger partial charge in [0.15, 0.2) is 0 Å². The van der Waals surface area contributed by atoms with E-state index in [4.69, 9.17) is 5.73 Å². The number of benzene rings is 1. The lowest BCUT2D eigenvalue weighted by molar-refractivity contribution is 0.266. The molecule has 78 valence electrons. The van der Waals surface area contributed by atoms with Gasteiger partial charge in [0, 0.05) is 22.7 Å². The van der Waals surface area contributed by atoms with Crippen molar-refractivity contribution in [1.82, 2.24) is 4.90 Å². The number of hydrogen-bond acceptors (Lipinski definition) is 2. The lowest BCUT2D eigenvalue weighted by Crippen LogP contribution is -2.25. The van der Waals surface area contributed by atoms with Gasteiger partial charge < -0.3 is 5.73 Å². The van der Waals surface area contributed by atoms with Crippen LogP contribution in [0.1, 0.15) is 19.4 Å². The first-order valence-electron chi connectivity index (χ1n) is 4.75. The van der Waals surface area contributed by atoms with E-state index >= 15 is 0 Å². The van der Waals surface area contributed by atoms with Crippen molar-refractivity contribution in [1.29, 1.82) is 0 Å². The highest BCUT2D eigenvalue weighted by Crippen LogP contribution is 2.21. The molecule has 0 amide bonds. The second-order valence-corrected chi connectivity index (χ2v) is 4.72. The van der Waals surface area contributed by atoms with Crippen LogP contribution in [0.4, 0.5) is 5.69 Å². The number of rotatable bonds is 3. The number of halogens is 1. The van der Waals surface area contributed by atoms with Crippen LogP contribution < -0.4 is 5.73 Å². The molecule has 0 aliphatic heterocycles. The molecule has 0 bridgehead atoms. The van der Waals surface area contributed by atoms with Crippen LogP contribution in [0.5, 0.6) is 0 Å².